The maximum absolute atomic E-state index is 12.0. The van der Waals surface area contributed by atoms with E-state index in [1.54, 1.807) is 6.07 Å². The second-order valence-corrected chi connectivity index (χ2v) is 5.95. The normalized spacial score (nSPS) is 11.5. The van der Waals surface area contributed by atoms with Crippen molar-refractivity contribution in [2.24, 2.45) is 0 Å². The maximum Gasteiger partial charge on any atom is 0.303 e. The lowest BCUT2D eigenvalue weighted by Crippen LogP contribution is -2.40. The SMILES string of the molecule is CC(=O)OCC(CN(C(C)=O)c1ccc(Br)c(C)c1)OC(C)=O. The van der Waals surface area contributed by atoms with E-state index in [0.717, 1.165) is 10.0 Å². The van der Waals surface area contributed by atoms with E-state index < -0.39 is 18.0 Å². The lowest BCUT2D eigenvalue weighted by molar-refractivity contribution is -0.155. The van der Waals surface area contributed by atoms with Gasteiger partial charge < -0.3 is 14.4 Å². The Balaban J connectivity index is 2.97. The minimum atomic E-state index is -0.732. The molecule has 0 saturated heterocycles. The predicted molar refractivity (Wildman–Crippen MR) is 89.1 cm³/mol. The fourth-order valence-corrected chi connectivity index (χ4v) is 2.23. The van der Waals surface area contributed by atoms with E-state index >= 15 is 0 Å². The molecule has 0 saturated carbocycles. The smallest absolute Gasteiger partial charge is 0.303 e. The molecule has 0 aliphatic carbocycles. The summed E-state index contributed by atoms with van der Waals surface area (Å²) in [4.78, 5) is 35.6. The number of rotatable bonds is 6. The molecular weight excluding hydrogens is 366 g/mol. The summed E-state index contributed by atoms with van der Waals surface area (Å²) in [6.07, 6.45) is -0.732. The largest absolute Gasteiger partial charge is 0.462 e. The molecule has 1 aromatic rings. The van der Waals surface area contributed by atoms with Crippen molar-refractivity contribution in [2.75, 3.05) is 18.1 Å². The van der Waals surface area contributed by atoms with E-state index in [2.05, 4.69) is 15.9 Å². The minimum absolute atomic E-state index is 0.100. The molecule has 1 atom stereocenters. The van der Waals surface area contributed by atoms with E-state index in [1.165, 1.54) is 25.7 Å². The lowest BCUT2D eigenvalue weighted by Gasteiger charge is -2.26. The van der Waals surface area contributed by atoms with Gasteiger partial charge in [0.2, 0.25) is 5.91 Å². The summed E-state index contributed by atoms with van der Waals surface area (Å²) in [5.74, 6) is -1.18. The average molecular weight is 386 g/mol. The van der Waals surface area contributed by atoms with Crippen LogP contribution >= 0.6 is 15.9 Å². The van der Waals surface area contributed by atoms with Crippen LogP contribution in [0.5, 0.6) is 0 Å². The van der Waals surface area contributed by atoms with Crippen molar-refractivity contribution in [2.45, 2.75) is 33.8 Å². The quantitative estimate of drug-likeness (QED) is 0.703. The minimum Gasteiger partial charge on any atom is -0.462 e. The highest BCUT2D eigenvalue weighted by molar-refractivity contribution is 9.10. The summed E-state index contributed by atoms with van der Waals surface area (Å²) in [6, 6.07) is 5.48. The van der Waals surface area contributed by atoms with Crippen molar-refractivity contribution in [3.8, 4) is 0 Å². The van der Waals surface area contributed by atoms with Crippen LogP contribution in [0.15, 0.2) is 22.7 Å². The Hall–Kier alpha value is -1.89. The molecule has 1 rings (SSSR count). The van der Waals surface area contributed by atoms with Crippen molar-refractivity contribution >= 4 is 39.5 Å². The van der Waals surface area contributed by atoms with Gasteiger partial charge in [0.25, 0.3) is 0 Å². The van der Waals surface area contributed by atoms with Gasteiger partial charge in [-0.05, 0) is 30.7 Å². The van der Waals surface area contributed by atoms with Crippen molar-refractivity contribution in [3.05, 3.63) is 28.2 Å². The molecule has 0 aliphatic heterocycles. The molecule has 23 heavy (non-hydrogen) atoms. The summed E-state index contributed by atoms with van der Waals surface area (Å²) in [6.45, 7) is 5.87. The van der Waals surface area contributed by atoms with Crippen molar-refractivity contribution < 1.29 is 23.9 Å². The second-order valence-electron chi connectivity index (χ2n) is 5.10. The summed E-state index contributed by atoms with van der Waals surface area (Å²) >= 11 is 3.41. The van der Waals surface area contributed by atoms with Crippen LogP contribution in [0, 0.1) is 6.92 Å². The lowest BCUT2D eigenvalue weighted by atomic mass is 10.2. The first kappa shape index (κ1) is 19.2. The maximum atomic E-state index is 12.0. The average Bonchev–Trinajstić information content (AvgIpc) is 2.44. The molecule has 1 aromatic carbocycles. The third-order valence-corrected chi connectivity index (χ3v) is 3.91. The number of hydrogen-bond donors (Lipinski definition) is 0. The van der Waals surface area contributed by atoms with E-state index in [9.17, 15) is 14.4 Å². The van der Waals surface area contributed by atoms with Crippen molar-refractivity contribution in [1.82, 2.24) is 0 Å². The van der Waals surface area contributed by atoms with Crippen LogP contribution in [0.3, 0.4) is 0 Å². The molecular formula is C16H20BrNO5. The zero-order valence-corrected chi connectivity index (χ0v) is 15.2. The number of amides is 1. The van der Waals surface area contributed by atoms with E-state index in [-0.39, 0.29) is 19.1 Å². The number of benzene rings is 1. The number of aryl methyl sites for hydroxylation is 1. The highest BCUT2D eigenvalue weighted by Gasteiger charge is 2.22. The van der Waals surface area contributed by atoms with Gasteiger partial charge in [-0.15, -0.1) is 0 Å². The van der Waals surface area contributed by atoms with Gasteiger partial charge in [-0.25, -0.2) is 0 Å². The Morgan fingerprint density at radius 1 is 1.17 bits per heavy atom. The second kappa shape index (κ2) is 8.67. The molecule has 126 valence electrons. The van der Waals surface area contributed by atoms with Crippen LogP contribution in [0.2, 0.25) is 0 Å². The Kier molecular flexibility index (Phi) is 7.22. The number of halogens is 1. The van der Waals surface area contributed by atoms with Gasteiger partial charge in [0, 0.05) is 30.9 Å². The van der Waals surface area contributed by atoms with Crippen LogP contribution < -0.4 is 4.90 Å². The molecule has 0 radical (unpaired) electrons. The standard InChI is InChI=1S/C16H20BrNO5/c1-10-7-14(5-6-16(10)17)18(11(2)19)8-15(23-13(4)21)9-22-12(3)20/h5-7,15H,8-9H2,1-4H3. The van der Waals surface area contributed by atoms with Crippen LogP contribution in [0.1, 0.15) is 26.3 Å². The van der Waals surface area contributed by atoms with Crippen molar-refractivity contribution in [1.29, 1.82) is 0 Å². The molecule has 1 amide bonds. The highest BCUT2D eigenvalue weighted by Crippen LogP contribution is 2.23. The van der Waals surface area contributed by atoms with Crippen LogP contribution in [0.4, 0.5) is 5.69 Å². The fraction of sp³-hybridized carbons (Fsp3) is 0.438. The van der Waals surface area contributed by atoms with E-state index in [0.29, 0.717) is 5.69 Å². The highest BCUT2D eigenvalue weighted by atomic mass is 79.9. The number of carbonyl (C=O) groups is 3. The van der Waals surface area contributed by atoms with Crippen LogP contribution in [-0.4, -0.2) is 37.1 Å². The van der Waals surface area contributed by atoms with E-state index in [4.69, 9.17) is 9.47 Å². The molecule has 0 spiro atoms. The Bertz CT molecular complexity index is 602. The summed E-state index contributed by atoms with van der Waals surface area (Å²) in [5, 5.41) is 0. The van der Waals surface area contributed by atoms with Gasteiger partial charge in [0.1, 0.15) is 6.61 Å². The third kappa shape index (κ3) is 6.40. The molecule has 0 N–H and O–H groups in total. The van der Waals surface area contributed by atoms with Crippen LogP contribution in [-0.2, 0) is 23.9 Å². The third-order valence-electron chi connectivity index (χ3n) is 3.02. The van der Waals surface area contributed by atoms with Crippen LogP contribution in [0.25, 0.3) is 0 Å². The molecule has 0 aromatic heterocycles. The predicted octanol–water partition coefficient (Wildman–Crippen LogP) is 2.61. The Morgan fingerprint density at radius 3 is 2.30 bits per heavy atom. The van der Waals surface area contributed by atoms with Gasteiger partial charge in [0.15, 0.2) is 6.10 Å². The summed E-state index contributed by atoms with van der Waals surface area (Å²) < 4.78 is 11.0. The van der Waals surface area contributed by atoms with E-state index in [1.807, 2.05) is 19.1 Å². The van der Waals surface area contributed by atoms with Gasteiger partial charge in [-0.3, -0.25) is 14.4 Å². The van der Waals surface area contributed by atoms with Gasteiger partial charge in [0.05, 0.1) is 6.54 Å². The fourth-order valence-electron chi connectivity index (χ4n) is 1.99. The molecule has 6 nitrogen and oxygen atoms in total. The number of nitrogens with zero attached hydrogens (tertiary/aromatic N) is 1. The molecule has 0 heterocycles. The first-order valence-corrected chi connectivity index (χ1v) is 7.84. The molecule has 0 aliphatic rings. The zero-order chi connectivity index (χ0) is 17.6. The number of ether oxygens (including phenoxy) is 2. The Labute approximate surface area is 143 Å². The molecule has 0 bridgehead atoms. The monoisotopic (exact) mass is 385 g/mol. The van der Waals surface area contributed by atoms with Crippen molar-refractivity contribution in [3.63, 3.8) is 0 Å². The first-order valence-electron chi connectivity index (χ1n) is 7.05. The Morgan fingerprint density at radius 2 is 1.83 bits per heavy atom. The summed E-state index contributed by atoms with van der Waals surface area (Å²) in [7, 11) is 0. The topological polar surface area (TPSA) is 72.9 Å². The molecule has 1 unspecified atom stereocenters. The number of esters is 2. The molecule has 7 heteroatoms. The van der Waals surface area contributed by atoms with Gasteiger partial charge >= 0.3 is 11.9 Å². The van der Waals surface area contributed by atoms with Gasteiger partial charge in [-0.1, -0.05) is 15.9 Å². The zero-order valence-electron chi connectivity index (χ0n) is 13.6. The number of carbonyl (C=O) groups excluding carboxylic acids is 3. The summed E-state index contributed by atoms with van der Waals surface area (Å²) in [5.41, 5.74) is 1.65. The number of hydrogen-bond acceptors (Lipinski definition) is 5. The first-order chi connectivity index (χ1) is 10.7. The molecule has 0 fully saturated rings. The van der Waals surface area contributed by atoms with Gasteiger partial charge in [-0.2, -0.15) is 0 Å². The number of anilines is 1.